The molecule has 1 fully saturated rings. The van der Waals surface area contributed by atoms with Crippen LogP contribution in [0.1, 0.15) is 22.7 Å². The predicted molar refractivity (Wildman–Crippen MR) is 129 cm³/mol. The molecule has 32 heavy (non-hydrogen) atoms. The molecule has 0 aliphatic carbocycles. The monoisotopic (exact) mass is 498 g/mol. The van der Waals surface area contributed by atoms with Gasteiger partial charge in [0.2, 0.25) is 0 Å². The van der Waals surface area contributed by atoms with E-state index in [0.29, 0.717) is 31.0 Å². The van der Waals surface area contributed by atoms with Gasteiger partial charge in [0.05, 0.1) is 11.6 Å². The maximum absolute atomic E-state index is 13.1. The molecular formula is C25H27BrN2O4. The zero-order valence-electron chi connectivity index (χ0n) is 18.5. The van der Waals surface area contributed by atoms with E-state index in [1.54, 1.807) is 24.3 Å². The summed E-state index contributed by atoms with van der Waals surface area (Å²) in [5.41, 5.74) is 2.12. The number of ether oxygens (including phenoxy) is 1. The number of ketones is 1. The van der Waals surface area contributed by atoms with Crippen LogP contribution in [0.2, 0.25) is 0 Å². The number of hydrogen-bond acceptors (Lipinski definition) is 5. The molecule has 1 aliphatic rings. The van der Waals surface area contributed by atoms with E-state index in [9.17, 15) is 14.7 Å². The highest BCUT2D eigenvalue weighted by molar-refractivity contribution is 9.10. The van der Waals surface area contributed by atoms with Gasteiger partial charge in [-0.15, -0.1) is 0 Å². The maximum Gasteiger partial charge on any atom is 0.295 e. The molecular weight excluding hydrogens is 472 g/mol. The molecule has 0 saturated carbocycles. The van der Waals surface area contributed by atoms with Crippen molar-refractivity contribution in [1.29, 1.82) is 0 Å². The van der Waals surface area contributed by atoms with Crippen LogP contribution in [0.4, 0.5) is 0 Å². The summed E-state index contributed by atoms with van der Waals surface area (Å²) in [5, 5.41) is 11.2. The number of amides is 1. The van der Waals surface area contributed by atoms with Gasteiger partial charge in [-0.25, -0.2) is 0 Å². The van der Waals surface area contributed by atoms with Crippen LogP contribution in [0.15, 0.2) is 65.2 Å². The van der Waals surface area contributed by atoms with Crippen molar-refractivity contribution in [1.82, 2.24) is 9.80 Å². The van der Waals surface area contributed by atoms with E-state index in [0.717, 1.165) is 15.6 Å². The smallest absolute Gasteiger partial charge is 0.295 e. The van der Waals surface area contributed by atoms with Gasteiger partial charge in [-0.05, 0) is 62.5 Å². The van der Waals surface area contributed by atoms with Crippen molar-refractivity contribution in [3.63, 3.8) is 0 Å². The van der Waals surface area contributed by atoms with E-state index < -0.39 is 17.7 Å². The topological polar surface area (TPSA) is 70.1 Å². The summed E-state index contributed by atoms with van der Waals surface area (Å²) in [7, 11) is 3.81. The quantitative estimate of drug-likeness (QED) is 0.254. The Morgan fingerprint density at radius 3 is 2.50 bits per heavy atom. The van der Waals surface area contributed by atoms with Crippen LogP contribution < -0.4 is 4.74 Å². The average Bonchev–Trinajstić information content (AvgIpc) is 3.01. The summed E-state index contributed by atoms with van der Waals surface area (Å²) in [5.74, 6) is -0.817. The van der Waals surface area contributed by atoms with E-state index in [-0.39, 0.29) is 11.3 Å². The zero-order chi connectivity index (χ0) is 23.4. The molecule has 2 aromatic carbocycles. The first-order chi connectivity index (χ1) is 15.2. The lowest BCUT2D eigenvalue weighted by molar-refractivity contribution is -0.140. The minimum absolute atomic E-state index is 0.0928. The Morgan fingerprint density at radius 2 is 1.91 bits per heavy atom. The van der Waals surface area contributed by atoms with Crippen LogP contribution in [0.25, 0.3) is 5.76 Å². The van der Waals surface area contributed by atoms with Gasteiger partial charge in [0, 0.05) is 23.1 Å². The molecule has 1 heterocycles. The molecule has 0 aromatic heterocycles. The number of Topliss-reactive ketones (excluding diaryl/α,β-unsaturated/α-hetero) is 1. The summed E-state index contributed by atoms with van der Waals surface area (Å²) < 4.78 is 6.49. The number of carbonyl (C=O) groups is 2. The summed E-state index contributed by atoms with van der Waals surface area (Å²) in [6.07, 6.45) is 1.65. The van der Waals surface area contributed by atoms with Crippen molar-refractivity contribution >= 4 is 33.4 Å². The van der Waals surface area contributed by atoms with Crippen LogP contribution in [-0.2, 0) is 9.59 Å². The van der Waals surface area contributed by atoms with Crippen LogP contribution in [0, 0.1) is 6.92 Å². The molecule has 2 aromatic rings. The fourth-order valence-electron chi connectivity index (χ4n) is 3.67. The number of benzene rings is 2. The molecule has 0 bridgehead atoms. The Hall–Kier alpha value is -2.90. The van der Waals surface area contributed by atoms with E-state index >= 15 is 0 Å². The molecule has 1 aliphatic heterocycles. The molecule has 1 amide bonds. The number of aliphatic hydroxyl groups is 1. The number of likely N-dealkylation sites (tertiary alicyclic amines) is 1. The van der Waals surface area contributed by atoms with E-state index in [1.807, 2.05) is 50.2 Å². The first-order valence-corrected chi connectivity index (χ1v) is 11.1. The second-order valence-corrected chi connectivity index (χ2v) is 8.84. The van der Waals surface area contributed by atoms with Gasteiger partial charge in [0.15, 0.2) is 0 Å². The second-order valence-electron chi connectivity index (χ2n) is 7.93. The van der Waals surface area contributed by atoms with Gasteiger partial charge >= 0.3 is 0 Å². The fourth-order valence-corrected chi connectivity index (χ4v) is 3.94. The summed E-state index contributed by atoms with van der Waals surface area (Å²) in [6.45, 7) is 6.82. The number of hydrogen-bond donors (Lipinski definition) is 1. The van der Waals surface area contributed by atoms with Crippen molar-refractivity contribution in [2.24, 2.45) is 0 Å². The third-order valence-corrected chi connectivity index (χ3v) is 5.85. The minimum atomic E-state index is -0.682. The maximum atomic E-state index is 13.1. The molecule has 0 spiro atoms. The normalized spacial score (nSPS) is 17.8. The Balaban J connectivity index is 2.09. The molecule has 1 atom stereocenters. The van der Waals surface area contributed by atoms with Crippen molar-refractivity contribution < 1.29 is 19.4 Å². The molecule has 3 rings (SSSR count). The van der Waals surface area contributed by atoms with E-state index in [4.69, 9.17) is 4.74 Å². The Morgan fingerprint density at radius 1 is 1.22 bits per heavy atom. The third kappa shape index (κ3) is 4.95. The summed E-state index contributed by atoms with van der Waals surface area (Å²) in [6, 6.07) is 11.9. The van der Waals surface area contributed by atoms with Crippen LogP contribution in [0.3, 0.4) is 0 Å². The number of nitrogens with zero attached hydrogens (tertiary/aromatic N) is 2. The molecule has 6 nitrogen and oxygen atoms in total. The fraction of sp³-hybridized carbons (Fsp3) is 0.280. The van der Waals surface area contributed by atoms with Gasteiger partial charge in [0.25, 0.3) is 11.7 Å². The molecule has 7 heteroatoms. The van der Waals surface area contributed by atoms with Crippen molar-refractivity contribution in [3.05, 3.63) is 81.9 Å². The molecule has 1 saturated heterocycles. The van der Waals surface area contributed by atoms with Crippen LogP contribution in [-0.4, -0.2) is 60.4 Å². The second kappa shape index (κ2) is 10.1. The standard InChI is InChI=1S/C25H27BrN2O4/c1-5-14-32-20-11-8-18(15-16(20)2)23(29)21-22(17-6-9-19(26)10-7-17)28(13-12-27(3)4)25(31)24(21)30/h5-11,15,22,29H,1,12-14H2,2-4H3/b23-21+. The highest BCUT2D eigenvalue weighted by Crippen LogP contribution is 2.40. The SMILES string of the molecule is C=CCOc1ccc(/C(O)=C2\C(=O)C(=O)N(CCN(C)C)C2c2ccc(Br)cc2)cc1C. The van der Waals surface area contributed by atoms with Gasteiger partial charge in [-0.1, -0.05) is 40.7 Å². The van der Waals surface area contributed by atoms with E-state index in [1.165, 1.54) is 4.90 Å². The molecule has 1 N–H and O–H groups in total. The Bertz CT molecular complexity index is 1060. The molecule has 1 unspecified atom stereocenters. The number of halogens is 1. The molecule has 168 valence electrons. The number of carbonyl (C=O) groups excluding carboxylic acids is 2. The predicted octanol–water partition coefficient (Wildman–Crippen LogP) is 4.31. The Labute approximate surface area is 196 Å². The zero-order valence-corrected chi connectivity index (χ0v) is 20.1. The largest absolute Gasteiger partial charge is 0.507 e. The average molecular weight is 499 g/mol. The number of likely N-dealkylation sites (N-methyl/N-ethyl adjacent to an activating group) is 1. The van der Waals surface area contributed by atoms with Crippen molar-refractivity contribution in [3.8, 4) is 5.75 Å². The summed E-state index contributed by atoms with van der Waals surface area (Å²) in [4.78, 5) is 29.5. The lowest BCUT2D eigenvalue weighted by Gasteiger charge is -2.26. The van der Waals surface area contributed by atoms with Crippen molar-refractivity contribution in [2.75, 3.05) is 33.8 Å². The number of aliphatic hydroxyl groups excluding tert-OH is 1. The van der Waals surface area contributed by atoms with Crippen LogP contribution >= 0.6 is 15.9 Å². The molecule has 0 radical (unpaired) electrons. The highest BCUT2D eigenvalue weighted by Gasteiger charge is 2.45. The lowest BCUT2D eigenvalue weighted by atomic mass is 9.95. The number of rotatable bonds is 8. The summed E-state index contributed by atoms with van der Waals surface area (Å²) >= 11 is 3.42. The van der Waals surface area contributed by atoms with Crippen molar-refractivity contribution in [2.45, 2.75) is 13.0 Å². The number of aryl methyl sites for hydroxylation is 1. The third-order valence-electron chi connectivity index (χ3n) is 5.32. The van der Waals surface area contributed by atoms with Crippen LogP contribution in [0.5, 0.6) is 5.75 Å². The van der Waals surface area contributed by atoms with Gasteiger partial charge in [0.1, 0.15) is 18.1 Å². The highest BCUT2D eigenvalue weighted by atomic mass is 79.9. The first-order valence-electron chi connectivity index (χ1n) is 10.3. The lowest BCUT2D eigenvalue weighted by Crippen LogP contribution is -2.35. The van der Waals surface area contributed by atoms with E-state index in [2.05, 4.69) is 22.5 Å². The van der Waals surface area contributed by atoms with Gasteiger partial charge in [-0.2, -0.15) is 0 Å². The first kappa shape index (κ1) is 23.8. The minimum Gasteiger partial charge on any atom is -0.507 e. The van der Waals surface area contributed by atoms with Gasteiger partial charge in [-0.3, -0.25) is 9.59 Å². The Kier molecular flexibility index (Phi) is 7.53. The van der Waals surface area contributed by atoms with Gasteiger partial charge < -0.3 is 19.6 Å².